The maximum absolute atomic E-state index is 12.3. The number of benzene rings is 1. The molecule has 1 amide bonds. The van der Waals surface area contributed by atoms with Gasteiger partial charge in [-0.3, -0.25) is 4.79 Å². The summed E-state index contributed by atoms with van der Waals surface area (Å²) in [6.07, 6.45) is 6.16. The number of nitrogens with zero attached hydrogens (tertiary/aromatic N) is 1. The van der Waals surface area contributed by atoms with Gasteiger partial charge in [0, 0.05) is 30.1 Å². The lowest BCUT2D eigenvalue weighted by Crippen LogP contribution is -2.51. The lowest BCUT2D eigenvalue weighted by Gasteiger charge is -2.44. The van der Waals surface area contributed by atoms with E-state index in [2.05, 4.69) is 10.2 Å². The van der Waals surface area contributed by atoms with Gasteiger partial charge in [0.15, 0.2) is 6.61 Å². The van der Waals surface area contributed by atoms with E-state index in [1.807, 2.05) is 6.92 Å². The van der Waals surface area contributed by atoms with Crippen molar-refractivity contribution in [3.05, 3.63) is 39.2 Å². The van der Waals surface area contributed by atoms with Crippen molar-refractivity contribution in [1.82, 2.24) is 10.2 Å². The molecular weight excluding hydrogens is 392 g/mol. The van der Waals surface area contributed by atoms with E-state index in [0.717, 1.165) is 17.4 Å². The summed E-state index contributed by atoms with van der Waals surface area (Å²) in [6.45, 7) is 4.76. The molecule has 3 heterocycles. The van der Waals surface area contributed by atoms with Crippen molar-refractivity contribution in [2.45, 2.75) is 45.1 Å². The van der Waals surface area contributed by atoms with Gasteiger partial charge in [-0.05, 0) is 63.2 Å². The topological polar surface area (TPSA) is 71.8 Å². The number of aryl methyl sites for hydroxylation is 1. The number of carbonyl (C=O) groups is 1. The molecule has 2 saturated heterocycles. The van der Waals surface area contributed by atoms with Crippen molar-refractivity contribution in [1.29, 1.82) is 0 Å². The van der Waals surface area contributed by atoms with Crippen LogP contribution >= 0.6 is 11.6 Å². The summed E-state index contributed by atoms with van der Waals surface area (Å²) in [4.78, 5) is 26.5. The fourth-order valence-corrected chi connectivity index (χ4v) is 4.90. The molecule has 6 nitrogen and oxygen atoms in total. The summed E-state index contributed by atoms with van der Waals surface area (Å²) in [5.74, 6) is 0.675. The summed E-state index contributed by atoms with van der Waals surface area (Å²) in [5.41, 5.74) is 0.756. The highest BCUT2D eigenvalue weighted by atomic mass is 35.5. The molecule has 0 aliphatic carbocycles. The van der Waals surface area contributed by atoms with E-state index in [1.54, 1.807) is 12.1 Å². The van der Waals surface area contributed by atoms with Crippen LogP contribution in [-0.4, -0.2) is 43.1 Å². The number of fused-ring (bicyclic) bond motifs is 2. The molecule has 2 atom stereocenters. The Hall–Kier alpha value is -2.05. The molecule has 0 unspecified atom stereocenters. The van der Waals surface area contributed by atoms with Gasteiger partial charge >= 0.3 is 5.63 Å². The molecule has 4 rings (SSSR count). The van der Waals surface area contributed by atoms with Gasteiger partial charge in [0.2, 0.25) is 0 Å². The molecule has 7 heteroatoms. The van der Waals surface area contributed by atoms with Crippen molar-refractivity contribution < 1.29 is 13.9 Å². The average molecular weight is 419 g/mol. The van der Waals surface area contributed by atoms with Crippen LogP contribution in [-0.2, 0) is 4.79 Å². The second-order valence-corrected chi connectivity index (χ2v) is 8.53. The minimum absolute atomic E-state index is 0.123. The highest BCUT2D eigenvalue weighted by molar-refractivity contribution is 6.32. The third kappa shape index (κ3) is 4.59. The fraction of sp³-hybridized carbons (Fsp3) is 0.545. The largest absolute Gasteiger partial charge is 0.482 e. The van der Waals surface area contributed by atoms with Gasteiger partial charge in [-0.25, -0.2) is 4.79 Å². The smallest absolute Gasteiger partial charge is 0.336 e. The van der Waals surface area contributed by atoms with Crippen molar-refractivity contribution in [3.63, 3.8) is 0 Å². The predicted octanol–water partition coefficient (Wildman–Crippen LogP) is 3.51. The number of hydrogen-bond acceptors (Lipinski definition) is 5. The Morgan fingerprint density at radius 3 is 2.93 bits per heavy atom. The molecule has 156 valence electrons. The molecule has 1 aromatic heterocycles. The minimum Gasteiger partial charge on any atom is -0.482 e. The highest BCUT2D eigenvalue weighted by Gasteiger charge is 2.32. The molecule has 0 spiro atoms. The van der Waals surface area contributed by atoms with Crippen LogP contribution in [0.5, 0.6) is 5.75 Å². The predicted molar refractivity (Wildman–Crippen MR) is 113 cm³/mol. The molecule has 1 aromatic carbocycles. The van der Waals surface area contributed by atoms with Crippen LogP contribution in [0.3, 0.4) is 0 Å². The Bertz CT molecular complexity index is 956. The molecule has 2 aliphatic heterocycles. The van der Waals surface area contributed by atoms with Crippen molar-refractivity contribution in [2.24, 2.45) is 5.92 Å². The van der Waals surface area contributed by atoms with Gasteiger partial charge in [0.25, 0.3) is 5.91 Å². The van der Waals surface area contributed by atoms with E-state index in [0.29, 0.717) is 34.9 Å². The van der Waals surface area contributed by atoms with Gasteiger partial charge in [0.1, 0.15) is 11.3 Å². The van der Waals surface area contributed by atoms with Crippen LogP contribution < -0.4 is 15.7 Å². The van der Waals surface area contributed by atoms with Crippen molar-refractivity contribution in [2.75, 3.05) is 26.2 Å². The first-order valence-corrected chi connectivity index (χ1v) is 10.8. The number of ether oxygens (including phenoxy) is 1. The zero-order valence-electron chi connectivity index (χ0n) is 16.7. The Labute approximate surface area is 175 Å². The number of rotatable bonds is 5. The van der Waals surface area contributed by atoms with Crippen LogP contribution in [0.1, 0.15) is 37.7 Å². The van der Waals surface area contributed by atoms with Crippen molar-refractivity contribution >= 4 is 28.5 Å². The first-order valence-electron chi connectivity index (χ1n) is 10.4. The van der Waals surface area contributed by atoms with E-state index in [4.69, 9.17) is 20.8 Å². The Morgan fingerprint density at radius 2 is 2.07 bits per heavy atom. The molecule has 1 N–H and O–H groups in total. The number of amides is 1. The molecule has 2 fully saturated rings. The Morgan fingerprint density at radius 1 is 1.24 bits per heavy atom. The Kier molecular flexibility index (Phi) is 6.11. The third-order valence-corrected chi connectivity index (χ3v) is 6.45. The summed E-state index contributed by atoms with van der Waals surface area (Å²) in [7, 11) is 0. The number of hydrogen-bond donors (Lipinski definition) is 1. The molecule has 2 aliphatic rings. The van der Waals surface area contributed by atoms with Gasteiger partial charge in [-0.15, -0.1) is 0 Å². The Balaban J connectivity index is 1.35. The molecule has 0 bridgehead atoms. The SMILES string of the molecule is Cc1cc(=O)oc2cc(OCC(=O)NC[C@@H]3CCCN4CCCC[C@H]34)c(Cl)cc12. The normalized spacial score (nSPS) is 22.3. The quantitative estimate of drug-likeness (QED) is 0.752. The van der Waals surface area contributed by atoms with E-state index >= 15 is 0 Å². The van der Waals surface area contributed by atoms with Gasteiger partial charge in [-0.2, -0.15) is 0 Å². The fourth-order valence-electron chi connectivity index (χ4n) is 4.68. The van der Waals surface area contributed by atoms with E-state index in [1.165, 1.54) is 44.8 Å². The molecule has 29 heavy (non-hydrogen) atoms. The lowest BCUT2D eigenvalue weighted by molar-refractivity contribution is -0.123. The van der Waals surface area contributed by atoms with Crippen molar-refractivity contribution in [3.8, 4) is 5.75 Å². The van der Waals surface area contributed by atoms with E-state index < -0.39 is 5.63 Å². The zero-order chi connectivity index (χ0) is 20.4. The third-order valence-electron chi connectivity index (χ3n) is 6.15. The van der Waals surface area contributed by atoms with Crippen LogP contribution in [0.4, 0.5) is 0 Å². The average Bonchev–Trinajstić information content (AvgIpc) is 2.71. The number of nitrogens with one attached hydrogen (secondary N) is 1. The van der Waals surface area contributed by atoms with Crippen LogP contribution in [0, 0.1) is 12.8 Å². The number of piperidine rings is 2. The summed E-state index contributed by atoms with van der Waals surface area (Å²) < 4.78 is 10.8. The maximum Gasteiger partial charge on any atom is 0.336 e. The van der Waals surface area contributed by atoms with E-state index in [9.17, 15) is 9.59 Å². The highest BCUT2D eigenvalue weighted by Crippen LogP contribution is 2.32. The summed E-state index contributed by atoms with van der Waals surface area (Å²) >= 11 is 6.29. The lowest BCUT2D eigenvalue weighted by atomic mass is 9.83. The monoisotopic (exact) mass is 418 g/mol. The van der Waals surface area contributed by atoms with Gasteiger partial charge in [-0.1, -0.05) is 18.0 Å². The molecule has 0 radical (unpaired) electrons. The standard InChI is InChI=1S/C22H27ClN2O4/c1-14-9-22(27)29-19-11-20(17(23)10-16(14)19)28-13-21(26)24-12-15-5-4-8-25-7-3-2-6-18(15)25/h9-11,15,18H,2-8,12-13H2,1H3,(H,24,26)/t15-,18+/m0/s1. The summed E-state index contributed by atoms with van der Waals surface area (Å²) in [6, 6.07) is 5.29. The molecular formula is C22H27ClN2O4. The van der Waals surface area contributed by atoms with Gasteiger partial charge < -0.3 is 19.4 Å². The molecule has 0 saturated carbocycles. The van der Waals surface area contributed by atoms with Gasteiger partial charge in [0.05, 0.1) is 5.02 Å². The van der Waals surface area contributed by atoms with Crippen LogP contribution in [0.2, 0.25) is 5.02 Å². The first kappa shape index (κ1) is 20.2. The summed E-state index contributed by atoms with van der Waals surface area (Å²) in [5, 5.41) is 4.16. The number of carbonyl (C=O) groups excluding carboxylic acids is 1. The van der Waals surface area contributed by atoms with Crippen LogP contribution in [0.25, 0.3) is 11.0 Å². The maximum atomic E-state index is 12.3. The second kappa shape index (κ2) is 8.76. The zero-order valence-corrected chi connectivity index (χ0v) is 17.5. The van der Waals surface area contributed by atoms with E-state index in [-0.39, 0.29) is 12.5 Å². The van der Waals surface area contributed by atoms with Crippen LogP contribution in [0.15, 0.2) is 27.4 Å². The minimum atomic E-state index is -0.426. The molecule has 2 aromatic rings. The number of halogens is 1. The second-order valence-electron chi connectivity index (χ2n) is 8.12. The first-order chi connectivity index (χ1) is 14.0.